The number of aromatic nitrogens is 2. The molecule has 0 radical (unpaired) electrons. The van der Waals surface area contributed by atoms with Crippen LogP contribution in [0.4, 0.5) is 10.1 Å². The highest BCUT2D eigenvalue weighted by Gasteiger charge is 2.23. The van der Waals surface area contributed by atoms with Crippen LogP contribution in [-0.4, -0.2) is 26.3 Å². The first-order valence-electron chi connectivity index (χ1n) is 9.05. The quantitative estimate of drug-likeness (QED) is 0.249. The van der Waals surface area contributed by atoms with Crippen molar-refractivity contribution >= 4 is 51.5 Å². The molecule has 0 atom stereocenters. The molecule has 31 heavy (non-hydrogen) atoms. The van der Waals surface area contributed by atoms with Crippen molar-refractivity contribution < 1.29 is 19.1 Å². The van der Waals surface area contributed by atoms with E-state index in [1.54, 1.807) is 22.8 Å². The Morgan fingerprint density at radius 2 is 1.84 bits per heavy atom. The van der Waals surface area contributed by atoms with Gasteiger partial charge in [-0.1, -0.05) is 35.3 Å². The van der Waals surface area contributed by atoms with Crippen molar-refractivity contribution in [3.05, 3.63) is 88.0 Å². The Balaban J connectivity index is 1.70. The van der Waals surface area contributed by atoms with E-state index >= 15 is 0 Å². The number of ketones is 1. The third-order valence-electron chi connectivity index (χ3n) is 4.68. The summed E-state index contributed by atoms with van der Waals surface area (Å²) in [7, 11) is 0. The fourth-order valence-corrected chi connectivity index (χ4v) is 3.52. The molecule has 2 N–H and O–H groups in total. The second-order valence-corrected chi connectivity index (χ2v) is 7.48. The number of anilines is 1. The number of aromatic hydroxyl groups is 1. The van der Waals surface area contributed by atoms with E-state index in [1.807, 2.05) is 0 Å². The summed E-state index contributed by atoms with van der Waals surface area (Å²) >= 11 is 11.9. The lowest BCUT2D eigenvalue weighted by Crippen LogP contribution is -2.23. The fraction of sp³-hybridized carbons (Fsp3) is 0.0455. The largest absolute Gasteiger partial charge is 0.508 e. The molecule has 2 aromatic heterocycles. The molecule has 0 aliphatic heterocycles. The van der Waals surface area contributed by atoms with Crippen molar-refractivity contribution in [1.29, 1.82) is 0 Å². The van der Waals surface area contributed by atoms with E-state index in [1.165, 1.54) is 42.7 Å². The number of halogens is 3. The molecule has 0 bridgehead atoms. The summed E-state index contributed by atoms with van der Waals surface area (Å²) in [5.41, 5.74) is 1.68. The number of hydrogen-bond acceptors (Lipinski definition) is 4. The standard InChI is InChI=1S/C22H14Cl2FN3O3/c23-19-17(7-8-26-21(19)24)27-22(31)20(30)16-11-28(10-12-1-3-13(25)4-2-12)18-6-5-14(29)9-15(16)18/h1-9,11,29H,10H2,(H,26,27,31). The number of nitrogens with one attached hydrogen (secondary N) is 1. The number of rotatable bonds is 5. The molecular weight excluding hydrogens is 444 g/mol. The minimum absolute atomic E-state index is 0.00672. The first kappa shape index (κ1) is 20.8. The van der Waals surface area contributed by atoms with E-state index in [0.29, 0.717) is 17.4 Å². The minimum atomic E-state index is -0.923. The Hall–Kier alpha value is -3.42. The SMILES string of the molecule is O=C(Nc1ccnc(Cl)c1Cl)C(=O)c1cn(Cc2ccc(F)cc2)c2ccc(O)cc12. The summed E-state index contributed by atoms with van der Waals surface area (Å²) in [6, 6.07) is 11.9. The molecule has 0 unspecified atom stereocenters. The summed E-state index contributed by atoms with van der Waals surface area (Å²) in [5.74, 6) is -2.15. The number of carbonyl (C=O) groups excluding carboxylic acids is 2. The average molecular weight is 458 g/mol. The lowest BCUT2D eigenvalue weighted by Gasteiger charge is -2.06. The number of benzene rings is 2. The zero-order valence-corrected chi connectivity index (χ0v) is 17.3. The summed E-state index contributed by atoms with van der Waals surface area (Å²) < 4.78 is 15.0. The van der Waals surface area contributed by atoms with Crippen molar-refractivity contribution in [2.45, 2.75) is 6.54 Å². The molecular formula is C22H14Cl2FN3O3. The summed E-state index contributed by atoms with van der Waals surface area (Å²) in [6.07, 6.45) is 2.87. The van der Waals surface area contributed by atoms with Gasteiger partial charge >= 0.3 is 0 Å². The van der Waals surface area contributed by atoms with Crippen LogP contribution in [0.15, 0.2) is 60.9 Å². The number of nitrogens with zero attached hydrogens (tertiary/aromatic N) is 2. The van der Waals surface area contributed by atoms with Gasteiger partial charge in [0.1, 0.15) is 21.7 Å². The predicted octanol–water partition coefficient (Wildman–Crippen LogP) is 5.06. The number of carbonyl (C=O) groups is 2. The molecule has 4 aromatic rings. The summed E-state index contributed by atoms with van der Waals surface area (Å²) in [4.78, 5) is 29.3. The van der Waals surface area contributed by atoms with Crippen LogP contribution in [0.1, 0.15) is 15.9 Å². The lowest BCUT2D eigenvalue weighted by atomic mass is 10.1. The van der Waals surface area contributed by atoms with Gasteiger partial charge in [0.25, 0.3) is 11.7 Å². The Kier molecular flexibility index (Phi) is 5.63. The smallest absolute Gasteiger partial charge is 0.296 e. The molecule has 0 aliphatic rings. The van der Waals surface area contributed by atoms with Crippen LogP contribution in [0.25, 0.3) is 10.9 Å². The van der Waals surface area contributed by atoms with Crippen LogP contribution in [0, 0.1) is 5.82 Å². The molecule has 4 rings (SSSR count). The summed E-state index contributed by atoms with van der Waals surface area (Å²) in [5, 5.41) is 12.8. The van der Waals surface area contributed by atoms with E-state index in [2.05, 4.69) is 10.3 Å². The number of phenols is 1. The predicted molar refractivity (Wildman–Crippen MR) is 116 cm³/mol. The van der Waals surface area contributed by atoms with Gasteiger partial charge in [-0.3, -0.25) is 9.59 Å². The second kappa shape index (κ2) is 8.37. The molecule has 6 nitrogen and oxygen atoms in total. The van der Waals surface area contributed by atoms with Crippen LogP contribution >= 0.6 is 23.2 Å². The number of hydrogen-bond donors (Lipinski definition) is 2. The molecule has 2 aromatic carbocycles. The molecule has 156 valence electrons. The van der Waals surface area contributed by atoms with Gasteiger partial charge in [-0.05, 0) is 42.0 Å². The Morgan fingerprint density at radius 1 is 1.10 bits per heavy atom. The maximum atomic E-state index is 13.2. The van der Waals surface area contributed by atoms with Crippen molar-refractivity contribution in [2.24, 2.45) is 0 Å². The number of Topliss-reactive ketones (excluding diaryl/α,β-unsaturated/α-hetero) is 1. The third kappa shape index (κ3) is 4.23. The van der Waals surface area contributed by atoms with Gasteiger partial charge in [0, 0.05) is 29.8 Å². The van der Waals surface area contributed by atoms with Crippen LogP contribution in [0.5, 0.6) is 5.75 Å². The Bertz CT molecular complexity index is 1320. The van der Waals surface area contributed by atoms with E-state index in [-0.39, 0.29) is 33.0 Å². The van der Waals surface area contributed by atoms with E-state index in [9.17, 15) is 19.1 Å². The van der Waals surface area contributed by atoms with Crippen molar-refractivity contribution in [1.82, 2.24) is 9.55 Å². The second-order valence-electron chi connectivity index (χ2n) is 6.75. The third-order valence-corrected chi connectivity index (χ3v) is 5.44. The van der Waals surface area contributed by atoms with Crippen molar-refractivity contribution in [2.75, 3.05) is 5.32 Å². The Labute approximate surface area is 185 Å². The maximum absolute atomic E-state index is 13.2. The molecule has 0 saturated heterocycles. The summed E-state index contributed by atoms with van der Waals surface area (Å²) in [6.45, 7) is 0.336. The van der Waals surface area contributed by atoms with Gasteiger partial charge in [-0.2, -0.15) is 0 Å². The Morgan fingerprint density at radius 3 is 2.58 bits per heavy atom. The molecule has 0 spiro atoms. The first-order valence-corrected chi connectivity index (χ1v) is 9.81. The van der Waals surface area contributed by atoms with Gasteiger partial charge in [0.05, 0.1) is 11.3 Å². The molecule has 0 aliphatic carbocycles. The molecule has 0 fully saturated rings. The van der Waals surface area contributed by atoms with Crippen LogP contribution in [0.3, 0.4) is 0 Å². The van der Waals surface area contributed by atoms with Crippen molar-refractivity contribution in [3.63, 3.8) is 0 Å². The van der Waals surface area contributed by atoms with Gasteiger partial charge < -0.3 is 15.0 Å². The monoisotopic (exact) mass is 457 g/mol. The number of phenolic OH excluding ortho intramolecular Hbond substituents is 1. The zero-order chi connectivity index (χ0) is 22.1. The number of amides is 1. The lowest BCUT2D eigenvalue weighted by molar-refractivity contribution is -0.112. The fourth-order valence-electron chi connectivity index (χ4n) is 3.20. The molecule has 0 saturated carbocycles. The van der Waals surface area contributed by atoms with Gasteiger partial charge in [0.2, 0.25) is 0 Å². The highest BCUT2D eigenvalue weighted by molar-refractivity contribution is 6.49. The average Bonchev–Trinajstić information content (AvgIpc) is 3.09. The van der Waals surface area contributed by atoms with Crippen LogP contribution in [-0.2, 0) is 11.3 Å². The van der Waals surface area contributed by atoms with Gasteiger partial charge in [0.15, 0.2) is 0 Å². The van der Waals surface area contributed by atoms with Crippen LogP contribution in [0.2, 0.25) is 10.2 Å². The van der Waals surface area contributed by atoms with E-state index < -0.39 is 11.7 Å². The molecule has 2 heterocycles. The highest BCUT2D eigenvalue weighted by Crippen LogP contribution is 2.29. The topological polar surface area (TPSA) is 84.2 Å². The van der Waals surface area contributed by atoms with Crippen molar-refractivity contribution in [3.8, 4) is 5.75 Å². The van der Waals surface area contributed by atoms with E-state index in [0.717, 1.165) is 5.56 Å². The number of fused-ring (bicyclic) bond motifs is 1. The maximum Gasteiger partial charge on any atom is 0.296 e. The normalized spacial score (nSPS) is 10.9. The molecule has 9 heteroatoms. The number of pyridine rings is 1. The first-order chi connectivity index (χ1) is 14.8. The highest BCUT2D eigenvalue weighted by atomic mass is 35.5. The van der Waals surface area contributed by atoms with Crippen LogP contribution < -0.4 is 5.32 Å². The zero-order valence-electron chi connectivity index (χ0n) is 15.8. The molecule has 1 amide bonds. The van der Waals surface area contributed by atoms with Gasteiger partial charge in [-0.15, -0.1) is 0 Å². The minimum Gasteiger partial charge on any atom is -0.508 e. The van der Waals surface area contributed by atoms with Gasteiger partial charge in [-0.25, -0.2) is 9.37 Å². The van der Waals surface area contributed by atoms with E-state index in [4.69, 9.17) is 23.2 Å².